The molecule has 0 unspecified atom stereocenters. The molecule has 1 aliphatic heterocycles. The zero-order chi connectivity index (χ0) is 26.5. The Bertz CT molecular complexity index is 1560. The average molecular weight is 529 g/mol. The van der Waals surface area contributed by atoms with E-state index in [1.54, 1.807) is 24.3 Å². The van der Waals surface area contributed by atoms with E-state index in [1.807, 2.05) is 72.8 Å². The molecule has 0 atom stereocenters. The Kier molecular flexibility index (Phi) is 7.39. The van der Waals surface area contributed by atoms with Crippen molar-refractivity contribution in [3.8, 4) is 0 Å². The Morgan fingerprint density at radius 2 is 1.47 bits per heavy atom. The highest BCUT2D eigenvalue weighted by atomic mass is 32.2. The number of amides is 1. The van der Waals surface area contributed by atoms with Crippen molar-refractivity contribution in [2.45, 2.75) is 11.3 Å². The van der Waals surface area contributed by atoms with Gasteiger partial charge in [0.25, 0.3) is 5.91 Å². The molecule has 9 heteroatoms. The third-order valence-electron chi connectivity index (χ3n) is 6.68. The molecule has 0 spiro atoms. The largest absolute Gasteiger partial charge is 0.410 e. The second-order valence-electron chi connectivity index (χ2n) is 9.11. The van der Waals surface area contributed by atoms with Gasteiger partial charge in [-0.2, -0.15) is 4.31 Å². The molecule has 1 aliphatic rings. The first-order valence-corrected chi connectivity index (χ1v) is 13.8. The predicted molar refractivity (Wildman–Crippen MR) is 149 cm³/mol. The van der Waals surface area contributed by atoms with Crippen LogP contribution in [0.1, 0.15) is 5.56 Å². The van der Waals surface area contributed by atoms with Crippen LogP contribution in [0.4, 0.5) is 11.4 Å². The highest BCUT2D eigenvalue weighted by Gasteiger charge is 2.28. The standard InChI is InChI=1S/C29H28N4O4S/c34-29(28(31-35)20-22-6-2-1-3-7-22)30-25-11-13-26(14-12-25)32-16-18-33(19-17-32)38(36,37)27-15-10-23-8-4-5-9-24(23)21-27/h1-15,21,35H,16-20H2,(H,30,34)/b31-28+. The maximum atomic E-state index is 13.3. The van der Waals surface area contributed by atoms with Crippen LogP contribution in [0.25, 0.3) is 10.8 Å². The van der Waals surface area contributed by atoms with Gasteiger partial charge in [0, 0.05) is 44.0 Å². The number of carbonyl (C=O) groups is 1. The van der Waals surface area contributed by atoms with Crippen molar-refractivity contribution >= 4 is 43.8 Å². The first-order chi connectivity index (χ1) is 18.4. The summed E-state index contributed by atoms with van der Waals surface area (Å²) in [6.45, 7) is 1.86. The summed E-state index contributed by atoms with van der Waals surface area (Å²) in [5, 5.41) is 17.2. The fourth-order valence-corrected chi connectivity index (χ4v) is 6.03. The van der Waals surface area contributed by atoms with E-state index in [1.165, 1.54) is 4.31 Å². The number of anilines is 2. The molecule has 38 heavy (non-hydrogen) atoms. The van der Waals surface area contributed by atoms with Gasteiger partial charge in [-0.3, -0.25) is 4.79 Å². The number of piperazine rings is 1. The van der Waals surface area contributed by atoms with Crippen molar-refractivity contribution in [3.05, 3.63) is 103 Å². The lowest BCUT2D eigenvalue weighted by molar-refractivity contribution is -0.110. The third kappa shape index (κ3) is 5.53. The molecule has 1 amide bonds. The van der Waals surface area contributed by atoms with Crippen LogP contribution in [0.3, 0.4) is 0 Å². The zero-order valence-electron chi connectivity index (χ0n) is 20.7. The number of nitrogens with one attached hydrogen (secondary N) is 1. The van der Waals surface area contributed by atoms with Gasteiger partial charge in [0.1, 0.15) is 5.71 Å². The Morgan fingerprint density at radius 3 is 2.16 bits per heavy atom. The molecule has 0 radical (unpaired) electrons. The number of sulfonamides is 1. The summed E-state index contributed by atoms with van der Waals surface area (Å²) in [5.41, 5.74) is 2.40. The first-order valence-electron chi connectivity index (χ1n) is 12.3. The van der Waals surface area contributed by atoms with Crippen molar-refractivity contribution in [1.82, 2.24) is 4.31 Å². The Balaban J connectivity index is 1.19. The van der Waals surface area contributed by atoms with Crippen LogP contribution in [0.5, 0.6) is 0 Å². The van der Waals surface area contributed by atoms with Gasteiger partial charge in [0.05, 0.1) is 4.90 Å². The fourth-order valence-electron chi connectivity index (χ4n) is 4.57. The number of oxime groups is 1. The Morgan fingerprint density at radius 1 is 0.816 bits per heavy atom. The summed E-state index contributed by atoms with van der Waals surface area (Å²) in [4.78, 5) is 15.0. The molecular weight excluding hydrogens is 500 g/mol. The summed E-state index contributed by atoms with van der Waals surface area (Å²) >= 11 is 0. The van der Waals surface area contributed by atoms with Crippen LogP contribution in [0.2, 0.25) is 0 Å². The minimum absolute atomic E-state index is 0.0176. The van der Waals surface area contributed by atoms with Crippen LogP contribution in [-0.2, 0) is 21.2 Å². The summed E-state index contributed by atoms with van der Waals surface area (Å²) < 4.78 is 28.0. The van der Waals surface area contributed by atoms with Crippen LogP contribution in [0, 0.1) is 0 Å². The van der Waals surface area contributed by atoms with E-state index in [9.17, 15) is 18.4 Å². The minimum Gasteiger partial charge on any atom is -0.410 e. The van der Waals surface area contributed by atoms with Crippen LogP contribution in [0.15, 0.2) is 107 Å². The highest BCUT2D eigenvalue weighted by molar-refractivity contribution is 7.89. The summed E-state index contributed by atoms with van der Waals surface area (Å²) in [6, 6.07) is 29.6. The second kappa shape index (κ2) is 11.0. The number of nitrogens with zero attached hydrogens (tertiary/aromatic N) is 3. The molecule has 1 heterocycles. The molecular formula is C29H28N4O4S. The van der Waals surface area contributed by atoms with E-state index in [0.29, 0.717) is 36.8 Å². The summed E-state index contributed by atoms with van der Waals surface area (Å²) in [5.74, 6) is -0.475. The Hall–Kier alpha value is -4.21. The van der Waals surface area contributed by atoms with E-state index in [4.69, 9.17) is 0 Å². The van der Waals surface area contributed by atoms with Gasteiger partial charge in [-0.05, 0) is 52.7 Å². The average Bonchev–Trinajstić information content (AvgIpc) is 2.96. The smallest absolute Gasteiger partial charge is 0.273 e. The van der Waals surface area contributed by atoms with Crippen LogP contribution in [-0.4, -0.2) is 55.7 Å². The van der Waals surface area contributed by atoms with Gasteiger partial charge in [-0.1, -0.05) is 65.8 Å². The Labute approximate surface area is 221 Å². The van der Waals surface area contributed by atoms with Crippen molar-refractivity contribution in [2.24, 2.45) is 5.16 Å². The van der Waals surface area contributed by atoms with Gasteiger partial charge >= 0.3 is 0 Å². The number of rotatable bonds is 7. The summed E-state index contributed by atoms with van der Waals surface area (Å²) in [7, 11) is -3.59. The SMILES string of the molecule is O=C(Nc1ccc(N2CCN(S(=O)(=O)c3ccc4ccccc4c3)CC2)cc1)/C(Cc1ccccc1)=N/O. The zero-order valence-corrected chi connectivity index (χ0v) is 21.5. The maximum absolute atomic E-state index is 13.3. The number of carbonyl (C=O) groups excluding carboxylic acids is 1. The van der Waals surface area contributed by atoms with E-state index < -0.39 is 15.9 Å². The molecule has 0 bridgehead atoms. The fraction of sp³-hybridized carbons (Fsp3) is 0.172. The third-order valence-corrected chi connectivity index (χ3v) is 8.58. The lowest BCUT2D eigenvalue weighted by atomic mass is 10.1. The quantitative estimate of drug-likeness (QED) is 0.211. The molecule has 5 rings (SSSR count). The van der Waals surface area contributed by atoms with Crippen molar-refractivity contribution < 1.29 is 18.4 Å². The van der Waals surface area contributed by atoms with Gasteiger partial charge < -0.3 is 15.4 Å². The molecule has 4 aromatic carbocycles. The summed E-state index contributed by atoms with van der Waals surface area (Å²) in [6.07, 6.45) is 0.216. The topological polar surface area (TPSA) is 102 Å². The van der Waals surface area contributed by atoms with E-state index in [-0.39, 0.29) is 12.1 Å². The van der Waals surface area contributed by atoms with Crippen molar-refractivity contribution in [2.75, 3.05) is 36.4 Å². The predicted octanol–water partition coefficient (Wildman–Crippen LogP) is 4.36. The monoisotopic (exact) mass is 528 g/mol. The maximum Gasteiger partial charge on any atom is 0.273 e. The number of hydrogen-bond donors (Lipinski definition) is 2. The van der Waals surface area contributed by atoms with E-state index in [0.717, 1.165) is 22.0 Å². The van der Waals surface area contributed by atoms with Crippen molar-refractivity contribution in [3.63, 3.8) is 0 Å². The molecule has 0 aliphatic carbocycles. The van der Waals surface area contributed by atoms with Gasteiger partial charge in [-0.15, -0.1) is 0 Å². The number of hydrogen-bond acceptors (Lipinski definition) is 6. The first kappa shape index (κ1) is 25.4. The van der Waals surface area contributed by atoms with Crippen molar-refractivity contribution in [1.29, 1.82) is 0 Å². The highest BCUT2D eigenvalue weighted by Crippen LogP contribution is 2.25. The lowest BCUT2D eigenvalue weighted by Gasteiger charge is -2.35. The molecule has 4 aromatic rings. The van der Waals surface area contributed by atoms with Crippen LogP contribution < -0.4 is 10.2 Å². The molecule has 8 nitrogen and oxygen atoms in total. The number of fused-ring (bicyclic) bond motifs is 1. The van der Waals surface area contributed by atoms with Gasteiger partial charge in [0.2, 0.25) is 10.0 Å². The van der Waals surface area contributed by atoms with E-state index >= 15 is 0 Å². The van der Waals surface area contributed by atoms with E-state index in [2.05, 4.69) is 15.4 Å². The molecule has 194 valence electrons. The van der Waals surface area contributed by atoms with Gasteiger partial charge in [-0.25, -0.2) is 8.42 Å². The van der Waals surface area contributed by atoms with Crippen LogP contribution >= 0.6 is 0 Å². The molecule has 0 aromatic heterocycles. The molecule has 1 fully saturated rings. The lowest BCUT2D eigenvalue weighted by Crippen LogP contribution is -2.48. The van der Waals surface area contributed by atoms with Gasteiger partial charge in [0.15, 0.2) is 0 Å². The molecule has 0 saturated carbocycles. The second-order valence-corrected chi connectivity index (χ2v) is 11.0. The minimum atomic E-state index is -3.59. The number of benzene rings is 4. The molecule has 1 saturated heterocycles. The molecule has 2 N–H and O–H groups in total. The normalized spacial score (nSPS) is 14.9.